The summed E-state index contributed by atoms with van der Waals surface area (Å²) in [6, 6.07) is 0. The van der Waals surface area contributed by atoms with Crippen LogP contribution in [0.2, 0.25) is 18.1 Å². The first-order valence-electron chi connectivity index (χ1n) is 13.8. The Hall–Kier alpha value is 0.137. The molecule has 5 aliphatic rings. The largest absolute Gasteiger partial charge is 0.414 e. The van der Waals surface area contributed by atoms with Crippen LogP contribution in [0, 0.1) is 40.9 Å². The van der Waals surface area contributed by atoms with Crippen molar-refractivity contribution in [2.45, 2.75) is 129 Å². The molecule has 0 aromatic rings. The van der Waals surface area contributed by atoms with E-state index in [4.69, 9.17) is 9.16 Å². The summed E-state index contributed by atoms with van der Waals surface area (Å²) in [4.78, 5) is 0. The zero-order valence-electron chi connectivity index (χ0n) is 21.6. The second-order valence-electron chi connectivity index (χ2n) is 14.3. The molecule has 5 rings (SSSR count). The molecule has 2 unspecified atom stereocenters. The van der Waals surface area contributed by atoms with Crippen LogP contribution in [-0.2, 0) is 9.16 Å². The number of epoxide rings is 1. The molecule has 2 nitrogen and oxygen atoms in total. The Morgan fingerprint density at radius 3 is 2.23 bits per heavy atom. The summed E-state index contributed by atoms with van der Waals surface area (Å²) in [5.41, 5.74) is 0.854. The van der Waals surface area contributed by atoms with Gasteiger partial charge in [0.2, 0.25) is 0 Å². The molecule has 4 aliphatic carbocycles. The first kappa shape index (κ1) is 22.9. The topological polar surface area (TPSA) is 21.8 Å². The molecule has 1 aliphatic heterocycles. The normalized spacial score (nSPS) is 48.5. The van der Waals surface area contributed by atoms with Crippen LogP contribution in [0.25, 0.3) is 0 Å². The maximum Gasteiger partial charge on any atom is 0.192 e. The first-order chi connectivity index (χ1) is 14.5. The summed E-state index contributed by atoms with van der Waals surface area (Å²) in [5.74, 6) is 5.75. The number of ether oxygens (including phenoxy) is 1. The van der Waals surface area contributed by atoms with E-state index < -0.39 is 8.32 Å². The fourth-order valence-corrected chi connectivity index (χ4v) is 10.4. The predicted octanol–water partition coefficient (Wildman–Crippen LogP) is 7.82. The van der Waals surface area contributed by atoms with Crippen LogP contribution in [0.5, 0.6) is 0 Å². The molecule has 1 heterocycles. The molecular weight excluding hydrogens is 396 g/mol. The lowest BCUT2D eigenvalue weighted by molar-refractivity contribution is -0.0694. The van der Waals surface area contributed by atoms with Gasteiger partial charge in [-0.05, 0) is 130 Å². The second kappa shape index (κ2) is 7.57. The third-order valence-electron chi connectivity index (χ3n) is 11.9. The van der Waals surface area contributed by atoms with Crippen LogP contribution in [0.15, 0.2) is 0 Å². The zero-order valence-corrected chi connectivity index (χ0v) is 22.6. The van der Waals surface area contributed by atoms with E-state index in [1.807, 2.05) is 0 Å². The standard InChI is InChI=1S/C28H50O2Si/c1-19(30-31(6,7)26(2,3)4)24-10-11-25-23-9-8-20-12-16-28(18-29-28)17-14-21(20)22(23)13-15-27(24,25)5/h19-25H,8-18H2,1-7H3/t19?,20-,21+,22-,23-,24-,25+,27-,28?/m1/s1. The smallest absolute Gasteiger partial charge is 0.192 e. The number of hydrogen-bond acceptors (Lipinski definition) is 2. The fraction of sp³-hybridized carbons (Fsp3) is 1.00. The monoisotopic (exact) mass is 446 g/mol. The quantitative estimate of drug-likeness (QED) is 0.325. The first-order valence-corrected chi connectivity index (χ1v) is 16.7. The average molecular weight is 447 g/mol. The minimum Gasteiger partial charge on any atom is -0.414 e. The lowest BCUT2D eigenvalue weighted by Crippen LogP contribution is -2.51. The van der Waals surface area contributed by atoms with E-state index in [9.17, 15) is 0 Å². The number of fused-ring (bicyclic) bond motifs is 5. The molecule has 3 heteroatoms. The van der Waals surface area contributed by atoms with E-state index in [2.05, 4.69) is 47.7 Å². The van der Waals surface area contributed by atoms with Crippen LogP contribution in [0.3, 0.4) is 0 Å². The Morgan fingerprint density at radius 2 is 1.55 bits per heavy atom. The lowest BCUT2D eigenvalue weighted by atomic mass is 9.50. The molecule has 0 bridgehead atoms. The van der Waals surface area contributed by atoms with Crippen molar-refractivity contribution in [3.8, 4) is 0 Å². The van der Waals surface area contributed by atoms with Gasteiger partial charge in [0.1, 0.15) is 0 Å². The highest BCUT2D eigenvalue weighted by molar-refractivity contribution is 6.74. The van der Waals surface area contributed by atoms with Crippen LogP contribution in [0.4, 0.5) is 0 Å². The average Bonchev–Trinajstić information content (AvgIpc) is 3.40. The van der Waals surface area contributed by atoms with E-state index in [1.165, 1.54) is 64.2 Å². The van der Waals surface area contributed by atoms with Crippen molar-refractivity contribution in [2.24, 2.45) is 40.9 Å². The van der Waals surface area contributed by atoms with E-state index >= 15 is 0 Å². The van der Waals surface area contributed by atoms with Gasteiger partial charge in [-0.1, -0.05) is 27.7 Å². The summed E-state index contributed by atoms with van der Waals surface area (Å²) in [6.45, 7) is 18.2. The minimum atomic E-state index is -1.71. The fourth-order valence-electron chi connectivity index (χ4n) is 8.97. The van der Waals surface area contributed by atoms with Crippen molar-refractivity contribution in [3.05, 3.63) is 0 Å². The molecule has 31 heavy (non-hydrogen) atoms. The molecule has 5 fully saturated rings. The van der Waals surface area contributed by atoms with Gasteiger partial charge in [-0.25, -0.2) is 0 Å². The molecule has 1 saturated heterocycles. The van der Waals surface area contributed by atoms with E-state index in [0.29, 0.717) is 22.2 Å². The van der Waals surface area contributed by atoms with Gasteiger partial charge < -0.3 is 9.16 Å². The summed E-state index contributed by atoms with van der Waals surface area (Å²) in [6.07, 6.45) is 14.9. The van der Waals surface area contributed by atoms with Gasteiger partial charge in [-0.2, -0.15) is 0 Å². The van der Waals surface area contributed by atoms with Gasteiger partial charge in [-0.15, -0.1) is 0 Å². The SMILES string of the molecule is CC(O[Si](C)(C)C(C)(C)C)[C@H]1CC[C@H]2[C@@H]3CC[C@@H]4CCC5(CC[C@@H]4[C@H]3CC[C@]12C)CO5. The molecule has 9 atom stereocenters. The van der Waals surface area contributed by atoms with Gasteiger partial charge in [0.15, 0.2) is 8.32 Å². The van der Waals surface area contributed by atoms with E-state index in [0.717, 1.165) is 42.1 Å². The van der Waals surface area contributed by atoms with Crippen LogP contribution in [-0.4, -0.2) is 26.6 Å². The Labute approximate surface area is 193 Å². The lowest BCUT2D eigenvalue weighted by Gasteiger charge is -2.55. The summed E-state index contributed by atoms with van der Waals surface area (Å²) in [7, 11) is -1.71. The Bertz CT molecular complexity index is 677. The van der Waals surface area contributed by atoms with Crippen LogP contribution >= 0.6 is 0 Å². The molecule has 0 amide bonds. The minimum absolute atomic E-state index is 0.304. The van der Waals surface area contributed by atoms with Crippen molar-refractivity contribution in [3.63, 3.8) is 0 Å². The third kappa shape index (κ3) is 3.81. The van der Waals surface area contributed by atoms with Crippen molar-refractivity contribution >= 4 is 8.32 Å². The molecule has 0 N–H and O–H groups in total. The Balaban J connectivity index is 1.30. The van der Waals surface area contributed by atoms with Gasteiger partial charge >= 0.3 is 0 Å². The van der Waals surface area contributed by atoms with Crippen molar-refractivity contribution in [2.75, 3.05) is 6.61 Å². The summed E-state index contributed by atoms with van der Waals surface area (Å²) in [5, 5.41) is 0.304. The van der Waals surface area contributed by atoms with Gasteiger partial charge in [0.05, 0.1) is 12.2 Å². The van der Waals surface area contributed by atoms with E-state index in [1.54, 1.807) is 0 Å². The Morgan fingerprint density at radius 1 is 0.871 bits per heavy atom. The second-order valence-corrected chi connectivity index (χ2v) is 19.1. The zero-order chi connectivity index (χ0) is 22.2. The molecule has 0 aromatic heterocycles. The highest BCUT2D eigenvalue weighted by atomic mass is 28.4. The molecular formula is C28H50O2Si. The Kier molecular flexibility index (Phi) is 5.59. The summed E-state index contributed by atoms with van der Waals surface area (Å²) >= 11 is 0. The van der Waals surface area contributed by atoms with Crippen molar-refractivity contribution in [1.29, 1.82) is 0 Å². The molecule has 1 spiro atoms. The highest BCUT2D eigenvalue weighted by Crippen LogP contribution is 2.65. The van der Waals surface area contributed by atoms with Crippen molar-refractivity contribution < 1.29 is 9.16 Å². The highest BCUT2D eigenvalue weighted by Gasteiger charge is 2.59. The summed E-state index contributed by atoms with van der Waals surface area (Å²) < 4.78 is 12.9. The maximum atomic E-state index is 6.99. The van der Waals surface area contributed by atoms with Gasteiger partial charge in [-0.3, -0.25) is 0 Å². The van der Waals surface area contributed by atoms with Gasteiger partial charge in [0.25, 0.3) is 0 Å². The maximum absolute atomic E-state index is 6.99. The van der Waals surface area contributed by atoms with Crippen LogP contribution < -0.4 is 0 Å². The van der Waals surface area contributed by atoms with Crippen molar-refractivity contribution in [1.82, 2.24) is 0 Å². The number of rotatable bonds is 3. The molecule has 4 saturated carbocycles. The third-order valence-corrected chi connectivity index (χ3v) is 16.5. The predicted molar refractivity (Wildman–Crippen MR) is 132 cm³/mol. The van der Waals surface area contributed by atoms with Crippen LogP contribution in [0.1, 0.15) is 98.8 Å². The molecule has 0 radical (unpaired) electrons. The van der Waals surface area contributed by atoms with Gasteiger partial charge in [0, 0.05) is 6.10 Å². The number of hydrogen-bond donors (Lipinski definition) is 0. The van der Waals surface area contributed by atoms with E-state index in [-0.39, 0.29) is 0 Å². The molecule has 0 aromatic carbocycles. The molecule has 178 valence electrons.